The summed E-state index contributed by atoms with van der Waals surface area (Å²) in [5.74, 6) is 1.76. The molecule has 5 rings (SSSR count). The number of anilines is 2. The highest BCUT2D eigenvalue weighted by molar-refractivity contribution is 5.66. The van der Waals surface area contributed by atoms with Gasteiger partial charge in [0.2, 0.25) is 5.95 Å². The molecule has 10 heteroatoms. The lowest BCUT2D eigenvalue weighted by atomic mass is 10.1. The van der Waals surface area contributed by atoms with Crippen LogP contribution in [-0.2, 0) is 0 Å². The molecule has 0 radical (unpaired) electrons. The van der Waals surface area contributed by atoms with Gasteiger partial charge >= 0.3 is 6.61 Å². The fourth-order valence-electron chi connectivity index (χ4n) is 4.68. The van der Waals surface area contributed by atoms with E-state index in [1.165, 1.54) is 12.3 Å². The van der Waals surface area contributed by atoms with Crippen LogP contribution in [0.15, 0.2) is 18.3 Å². The Morgan fingerprint density at radius 2 is 1.94 bits per heavy atom. The highest BCUT2D eigenvalue weighted by Gasteiger charge is 2.57. The third kappa shape index (κ3) is 4.27. The number of aliphatic hydroxyl groups is 1. The average molecular weight is 432 g/mol. The molecule has 1 saturated carbocycles. The van der Waals surface area contributed by atoms with Crippen LogP contribution in [0.4, 0.5) is 20.5 Å². The van der Waals surface area contributed by atoms with Crippen molar-refractivity contribution in [2.24, 2.45) is 11.8 Å². The Hall–Kier alpha value is -2.59. The fourth-order valence-corrected chi connectivity index (χ4v) is 4.68. The van der Waals surface area contributed by atoms with E-state index in [9.17, 15) is 13.9 Å². The van der Waals surface area contributed by atoms with E-state index >= 15 is 0 Å². The number of nitrogens with zero attached hydrogens (tertiary/aromatic N) is 5. The van der Waals surface area contributed by atoms with Gasteiger partial charge < -0.3 is 20.5 Å². The Balaban J connectivity index is 1.40. The molecule has 0 aromatic carbocycles. The molecular formula is C21H26F2N6O2. The van der Waals surface area contributed by atoms with E-state index in [0.29, 0.717) is 41.5 Å². The number of β-amino-alcohol motifs (C(OH)–C–C–N with tert-alkyl or cyclic N) is 1. The van der Waals surface area contributed by atoms with Gasteiger partial charge in [-0.25, -0.2) is 15.0 Å². The Morgan fingerprint density at radius 1 is 1.23 bits per heavy atom. The summed E-state index contributed by atoms with van der Waals surface area (Å²) in [6.45, 7) is 5.01. The number of pyridine rings is 1. The normalized spacial score (nSPS) is 25.1. The number of likely N-dealkylation sites (tertiary alicyclic amines) is 1. The molecule has 2 aliphatic heterocycles. The van der Waals surface area contributed by atoms with Crippen LogP contribution in [0.25, 0.3) is 11.3 Å². The number of halogens is 2. The van der Waals surface area contributed by atoms with E-state index in [2.05, 4.69) is 24.5 Å². The number of piperidine rings is 1. The highest BCUT2D eigenvalue weighted by Crippen LogP contribution is 2.58. The van der Waals surface area contributed by atoms with Crippen molar-refractivity contribution in [3.63, 3.8) is 0 Å². The van der Waals surface area contributed by atoms with Crippen molar-refractivity contribution in [2.45, 2.75) is 32.0 Å². The summed E-state index contributed by atoms with van der Waals surface area (Å²) >= 11 is 0. The molecule has 2 aromatic heterocycles. The van der Waals surface area contributed by atoms with Crippen molar-refractivity contribution in [1.29, 1.82) is 0 Å². The number of alkyl halides is 2. The topological polar surface area (TPSA) is 100 Å². The van der Waals surface area contributed by atoms with E-state index in [4.69, 9.17) is 10.7 Å². The molecule has 0 unspecified atom stereocenters. The molecule has 2 aromatic rings. The monoisotopic (exact) mass is 432 g/mol. The molecule has 3 aliphatic rings. The molecule has 1 aliphatic carbocycles. The lowest BCUT2D eigenvalue weighted by molar-refractivity contribution is -0.0494. The maximum atomic E-state index is 12.7. The Labute approximate surface area is 179 Å². The van der Waals surface area contributed by atoms with Crippen molar-refractivity contribution < 1.29 is 18.6 Å². The van der Waals surface area contributed by atoms with Crippen molar-refractivity contribution in [1.82, 2.24) is 19.9 Å². The number of nitrogens with two attached hydrogens (primary N) is 1. The van der Waals surface area contributed by atoms with E-state index in [-0.39, 0.29) is 11.6 Å². The van der Waals surface area contributed by atoms with Gasteiger partial charge in [0, 0.05) is 50.4 Å². The van der Waals surface area contributed by atoms with Crippen molar-refractivity contribution >= 4 is 11.8 Å². The lowest BCUT2D eigenvalue weighted by Gasteiger charge is -2.27. The predicted octanol–water partition coefficient (Wildman–Crippen LogP) is 1.96. The molecule has 3 fully saturated rings. The Morgan fingerprint density at radius 3 is 2.55 bits per heavy atom. The van der Waals surface area contributed by atoms with Crippen molar-refractivity contribution in [3.05, 3.63) is 24.0 Å². The largest absolute Gasteiger partial charge is 0.431 e. The first-order valence-electron chi connectivity index (χ1n) is 10.5. The summed E-state index contributed by atoms with van der Waals surface area (Å²) < 4.78 is 29.9. The molecule has 166 valence electrons. The summed E-state index contributed by atoms with van der Waals surface area (Å²) in [7, 11) is 0. The minimum absolute atomic E-state index is 0.0897. The van der Waals surface area contributed by atoms with Crippen LogP contribution in [0.2, 0.25) is 0 Å². The second kappa shape index (κ2) is 7.23. The van der Waals surface area contributed by atoms with Gasteiger partial charge in [0.25, 0.3) is 0 Å². The SMILES string of the molecule is CC(C)(O)CN1C[C@@H]2[C@H](C1)[C@H]2c1cc(-c2cnc(N)c(OC(F)F)c2)nc(N2CC2)n1. The quantitative estimate of drug-likeness (QED) is 0.641. The third-order valence-electron chi connectivity index (χ3n) is 6.08. The van der Waals surface area contributed by atoms with Crippen LogP contribution < -0.4 is 15.4 Å². The summed E-state index contributed by atoms with van der Waals surface area (Å²) in [4.78, 5) is 17.8. The van der Waals surface area contributed by atoms with E-state index in [0.717, 1.165) is 31.9 Å². The van der Waals surface area contributed by atoms with Crippen LogP contribution in [0.1, 0.15) is 25.5 Å². The molecular weight excluding hydrogens is 406 g/mol. The zero-order chi connectivity index (χ0) is 21.9. The molecule has 4 heterocycles. The molecule has 8 nitrogen and oxygen atoms in total. The number of hydrogen-bond acceptors (Lipinski definition) is 8. The van der Waals surface area contributed by atoms with E-state index < -0.39 is 12.2 Å². The van der Waals surface area contributed by atoms with E-state index in [1.54, 1.807) is 0 Å². The number of ether oxygens (including phenoxy) is 1. The fraction of sp³-hybridized carbons (Fsp3) is 0.571. The number of aromatic nitrogens is 3. The number of hydrogen-bond donors (Lipinski definition) is 2. The predicted molar refractivity (Wildman–Crippen MR) is 111 cm³/mol. The van der Waals surface area contributed by atoms with Gasteiger partial charge in [-0.3, -0.25) is 4.90 Å². The second-order valence-corrected chi connectivity index (χ2v) is 9.31. The molecule has 31 heavy (non-hydrogen) atoms. The minimum Gasteiger partial charge on any atom is -0.431 e. The standard InChI is InChI=1S/C21H26F2N6O2/c1-21(2,30)10-28-8-12-13(9-28)17(12)15-6-14(26-20(27-15)29-3-4-29)11-5-16(31-19(22)23)18(24)25-7-11/h5-7,12-13,17,19,30H,3-4,8-10H2,1-2H3,(H2,24,25)/t12-,13+,17+. The van der Waals surface area contributed by atoms with Crippen LogP contribution in [0, 0.1) is 11.8 Å². The molecule has 0 amide bonds. The van der Waals surface area contributed by atoms with Crippen LogP contribution >= 0.6 is 0 Å². The van der Waals surface area contributed by atoms with Crippen LogP contribution in [0.5, 0.6) is 5.75 Å². The zero-order valence-electron chi connectivity index (χ0n) is 17.5. The van der Waals surface area contributed by atoms with Gasteiger partial charge in [0.15, 0.2) is 11.6 Å². The maximum Gasteiger partial charge on any atom is 0.387 e. The van der Waals surface area contributed by atoms with Gasteiger partial charge in [-0.05, 0) is 37.8 Å². The molecule has 2 saturated heterocycles. The highest BCUT2D eigenvalue weighted by atomic mass is 19.3. The molecule has 3 atom stereocenters. The summed E-state index contributed by atoms with van der Waals surface area (Å²) in [6.07, 6.45) is 1.52. The Kier molecular flexibility index (Phi) is 4.74. The molecule has 0 spiro atoms. The first-order chi connectivity index (χ1) is 14.7. The second-order valence-electron chi connectivity index (χ2n) is 9.31. The maximum absolute atomic E-state index is 12.7. The van der Waals surface area contributed by atoms with Crippen molar-refractivity contribution in [2.75, 3.05) is 43.4 Å². The molecule has 3 N–H and O–H groups in total. The zero-order valence-corrected chi connectivity index (χ0v) is 17.5. The van der Waals surface area contributed by atoms with Gasteiger partial charge in [0.05, 0.1) is 17.0 Å². The minimum atomic E-state index is -2.98. The summed E-state index contributed by atoms with van der Waals surface area (Å²) in [5, 5.41) is 10.1. The number of nitrogen functional groups attached to an aromatic ring is 1. The average Bonchev–Trinajstić information content (AvgIpc) is 3.59. The first kappa shape index (κ1) is 20.3. The number of rotatable bonds is 7. The van der Waals surface area contributed by atoms with Crippen molar-refractivity contribution in [3.8, 4) is 17.0 Å². The Bertz CT molecular complexity index is 982. The van der Waals surface area contributed by atoms with Gasteiger partial charge in [-0.15, -0.1) is 0 Å². The molecule has 0 bridgehead atoms. The van der Waals surface area contributed by atoms with Gasteiger partial charge in [0.1, 0.15) is 0 Å². The van der Waals surface area contributed by atoms with Gasteiger partial charge in [-0.1, -0.05) is 0 Å². The smallest absolute Gasteiger partial charge is 0.387 e. The number of fused-ring (bicyclic) bond motifs is 1. The van der Waals surface area contributed by atoms with Gasteiger partial charge in [-0.2, -0.15) is 8.78 Å². The summed E-state index contributed by atoms with van der Waals surface area (Å²) in [5.41, 5.74) is 7.12. The van der Waals surface area contributed by atoms with E-state index in [1.807, 2.05) is 19.9 Å². The van der Waals surface area contributed by atoms with Crippen LogP contribution in [0.3, 0.4) is 0 Å². The third-order valence-corrected chi connectivity index (χ3v) is 6.08. The van der Waals surface area contributed by atoms with Crippen LogP contribution in [-0.4, -0.2) is 69.9 Å². The summed E-state index contributed by atoms with van der Waals surface area (Å²) in [6, 6.07) is 3.38. The lowest BCUT2D eigenvalue weighted by Crippen LogP contribution is -2.38. The first-order valence-corrected chi connectivity index (χ1v) is 10.5.